The molecule has 0 unspecified atom stereocenters. The Morgan fingerprint density at radius 3 is 2.67 bits per heavy atom. The van der Waals surface area contributed by atoms with Crippen LogP contribution in [0.1, 0.15) is 18.4 Å². The number of methoxy groups -OCH3 is 1. The Morgan fingerprint density at radius 2 is 2.20 bits per heavy atom. The van der Waals surface area contributed by atoms with Gasteiger partial charge in [-0.15, -0.1) is 0 Å². The van der Waals surface area contributed by atoms with Gasteiger partial charge >= 0.3 is 0 Å². The average molecular weight is 274 g/mol. The number of nitrogens with two attached hydrogens (primary N) is 1. The first-order chi connectivity index (χ1) is 7.13. The molecule has 0 bridgehead atoms. The average Bonchev–Trinajstić information content (AvgIpc) is 3.02. The lowest BCUT2D eigenvalue weighted by molar-refractivity contribution is 0.384. The van der Waals surface area contributed by atoms with Crippen molar-refractivity contribution in [2.24, 2.45) is 5.73 Å². The fraction of sp³-hybridized carbons (Fsp3) is 0.455. The first-order valence-electron chi connectivity index (χ1n) is 4.86. The Kier molecular flexibility index (Phi) is 2.73. The molecule has 1 saturated carbocycles. The zero-order valence-corrected chi connectivity index (χ0v) is 10.1. The van der Waals surface area contributed by atoms with E-state index in [1.54, 1.807) is 12.1 Å². The van der Waals surface area contributed by atoms with Crippen molar-refractivity contribution in [3.8, 4) is 5.75 Å². The predicted octanol–water partition coefficient (Wildman–Crippen LogP) is 2.59. The Bertz CT molecular complexity index is 390. The molecule has 0 aliphatic heterocycles. The van der Waals surface area contributed by atoms with Crippen LogP contribution in [0.2, 0.25) is 0 Å². The van der Waals surface area contributed by atoms with E-state index >= 15 is 0 Å². The zero-order valence-electron chi connectivity index (χ0n) is 8.52. The van der Waals surface area contributed by atoms with Crippen LogP contribution in [0, 0.1) is 5.82 Å². The van der Waals surface area contributed by atoms with Crippen LogP contribution in [-0.4, -0.2) is 13.7 Å². The zero-order chi connectivity index (χ0) is 11.1. The normalized spacial score (nSPS) is 17.6. The van der Waals surface area contributed by atoms with Gasteiger partial charge in [-0.1, -0.05) is 0 Å². The number of rotatable bonds is 3. The second kappa shape index (κ2) is 3.76. The van der Waals surface area contributed by atoms with E-state index in [9.17, 15) is 4.39 Å². The topological polar surface area (TPSA) is 35.2 Å². The molecule has 2 nitrogen and oxygen atoms in total. The summed E-state index contributed by atoms with van der Waals surface area (Å²) < 4.78 is 18.9. The monoisotopic (exact) mass is 273 g/mol. The smallest absolute Gasteiger partial charge is 0.179 e. The van der Waals surface area contributed by atoms with Crippen molar-refractivity contribution in [1.82, 2.24) is 0 Å². The Labute approximate surface area is 96.7 Å². The van der Waals surface area contributed by atoms with Gasteiger partial charge in [0.25, 0.3) is 0 Å². The summed E-state index contributed by atoms with van der Waals surface area (Å²) in [5.74, 6) is -0.0758. The minimum atomic E-state index is -0.353. The van der Waals surface area contributed by atoms with Gasteiger partial charge in [-0.2, -0.15) is 0 Å². The van der Waals surface area contributed by atoms with E-state index in [-0.39, 0.29) is 17.0 Å². The third-order valence-electron chi connectivity index (χ3n) is 3.07. The van der Waals surface area contributed by atoms with Crippen LogP contribution in [0.4, 0.5) is 4.39 Å². The van der Waals surface area contributed by atoms with Crippen molar-refractivity contribution in [3.05, 3.63) is 28.0 Å². The summed E-state index contributed by atoms with van der Waals surface area (Å²) in [4.78, 5) is 0. The predicted molar refractivity (Wildman–Crippen MR) is 60.6 cm³/mol. The largest absolute Gasteiger partial charge is 0.494 e. The van der Waals surface area contributed by atoms with Gasteiger partial charge in [-0.3, -0.25) is 0 Å². The number of halogens is 2. The van der Waals surface area contributed by atoms with E-state index in [0.717, 1.165) is 18.4 Å². The van der Waals surface area contributed by atoms with Gasteiger partial charge in [0.2, 0.25) is 0 Å². The van der Waals surface area contributed by atoms with Gasteiger partial charge in [0.05, 0.1) is 11.6 Å². The second-order valence-corrected chi connectivity index (χ2v) is 4.81. The number of benzene rings is 1. The standard InChI is InChI=1S/C11H13BrFNO/c1-15-9-5-7(4-8(12)10(9)13)11(6-14)2-3-11/h4-5H,2-3,6,14H2,1H3. The lowest BCUT2D eigenvalue weighted by Crippen LogP contribution is -2.19. The second-order valence-electron chi connectivity index (χ2n) is 3.96. The molecular formula is C11H13BrFNO. The van der Waals surface area contributed by atoms with E-state index in [4.69, 9.17) is 10.5 Å². The maximum absolute atomic E-state index is 13.5. The SMILES string of the molecule is COc1cc(C2(CN)CC2)cc(Br)c1F. The lowest BCUT2D eigenvalue weighted by atomic mass is 9.96. The molecule has 15 heavy (non-hydrogen) atoms. The van der Waals surface area contributed by atoms with E-state index in [1.807, 2.05) is 0 Å². The molecule has 1 aliphatic carbocycles. The summed E-state index contributed by atoms with van der Waals surface area (Å²) in [5, 5.41) is 0. The Morgan fingerprint density at radius 1 is 1.53 bits per heavy atom. The molecule has 1 aliphatic rings. The summed E-state index contributed by atoms with van der Waals surface area (Å²) in [6, 6.07) is 3.55. The van der Waals surface area contributed by atoms with Gasteiger partial charge in [-0.25, -0.2) is 4.39 Å². The summed E-state index contributed by atoms with van der Waals surface area (Å²) in [6.45, 7) is 0.605. The van der Waals surface area contributed by atoms with Crippen molar-refractivity contribution in [1.29, 1.82) is 0 Å². The van der Waals surface area contributed by atoms with Crippen LogP contribution >= 0.6 is 15.9 Å². The van der Waals surface area contributed by atoms with Gasteiger partial charge in [0.15, 0.2) is 11.6 Å². The van der Waals surface area contributed by atoms with Crippen LogP contribution in [-0.2, 0) is 5.41 Å². The molecule has 2 rings (SSSR count). The molecule has 0 amide bonds. The van der Waals surface area contributed by atoms with Crippen LogP contribution in [0.5, 0.6) is 5.75 Å². The molecule has 0 saturated heterocycles. The maximum atomic E-state index is 13.5. The van der Waals surface area contributed by atoms with E-state index in [1.165, 1.54) is 7.11 Å². The molecule has 1 aromatic rings. The van der Waals surface area contributed by atoms with E-state index in [0.29, 0.717) is 11.0 Å². The molecule has 0 radical (unpaired) electrons. The van der Waals surface area contributed by atoms with Crippen molar-refractivity contribution in [2.75, 3.05) is 13.7 Å². The van der Waals surface area contributed by atoms with Gasteiger partial charge in [-0.05, 0) is 46.5 Å². The van der Waals surface area contributed by atoms with E-state index in [2.05, 4.69) is 15.9 Å². The summed E-state index contributed by atoms with van der Waals surface area (Å²) in [5.41, 5.74) is 6.85. The molecule has 2 N–H and O–H groups in total. The fourth-order valence-electron chi connectivity index (χ4n) is 1.78. The summed E-state index contributed by atoms with van der Waals surface area (Å²) >= 11 is 3.19. The minimum Gasteiger partial charge on any atom is -0.494 e. The van der Waals surface area contributed by atoms with Gasteiger partial charge in [0, 0.05) is 12.0 Å². The lowest BCUT2D eigenvalue weighted by Gasteiger charge is -2.15. The van der Waals surface area contributed by atoms with Gasteiger partial charge in [0.1, 0.15) is 0 Å². The number of ether oxygens (including phenoxy) is 1. The molecule has 1 fully saturated rings. The molecule has 0 spiro atoms. The highest BCUT2D eigenvalue weighted by molar-refractivity contribution is 9.10. The highest BCUT2D eigenvalue weighted by atomic mass is 79.9. The third-order valence-corrected chi connectivity index (χ3v) is 3.65. The summed E-state index contributed by atoms with van der Waals surface area (Å²) in [6.07, 6.45) is 2.15. The Hall–Kier alpha value is -0.610. The highest BCUT2D eigenvalue weighted by Crippen LogP contribution is 2.49. The molecule has 1 aromatic carbocycles. The van der Waals surface area contributed by atoms with Crippen LogP contribution in [0.15, 0.2) is 16.6 Å². The molecular weight excluding hydrogens is 261 g/mol. The van der Waals surface area contributed by atoms with Crippen LogP contribution in [0.3, 0.4) is 0 Å². The third kappa shape index (κ3) is 1.76. The van der Waals surface area contributed by atoms with Crippen LogP contribution < -0.4 is 10.5 Å². The summed E-state index contributed by atoms with van der Waals surface area (Å²) in [7, 11) is 1.47. The number of hydrogen-bond acceptors (Lipinski definition) is 2. The number of hydrogen-bond donors (Lipinski definition) is 1. The van der Waals surface area contributed by atoms with Gasteiger partial charge < -0.3 is 10.5 Å². The van der Waals surface area contributed by atoms with Crippen LogP contribution in [0.25, 0.3) is 0 Å². The molecule has 0 heterocycles. The molecule has 0 aromatic heterocycles. The minimum absolute atomic E-state index is 0.0590. The highest BCUT2D eigenvalue weighted by Gasteiger charge is 2.43. The Balaban J connectivity index is 2.46. The first kappa shape index (κ1) is 10.9. The quantitative estimate of drug-likeness (QED) is 0.919. The fourth-order valence-corrected chi connectivity index (χ4v) is 2.22. The van der Waals surface area contributed by atoms with Crippen molar-refractivity contribution in [3.63, 3.8) is 0 Å². The maximum Gasteiger partial charge on any atom is 0.179 e. The van der Waals surface area contributed by atoms with Crippen molar-refractivity contribution >= 4 is 15.9 Å². The van der Waals surface area contributed by atoms with E-state index < -0.39 is 0 Å². The van der Waals surface area contributed by atoms with Crippen molar-refractivity contribution < 1.29 is 9.13 Å². The molecule has 82 valence electrons. The molecule has 0 atom stereocenters. The molecule has 4 heteroatoms. The first-order valence-corrected chi connectivity index (χ1v) is 5.66. The van der Waals surface area contributed by atoms with Crippen molar-refractivity contribution in [2.45, 2.75) is 18.3 Å².